The Morgan fingerprint density at radius 2 is 1.84 bits per heavy atom. The number of benzene rings is 3. The van der Waals surface area contributed by atoms with Crippen LogP contribution >= 0.6 is 27.5 Å². The minimum Gasteiger partial charge on any atom is -0.493 e. The maximum Gasteiger partial charge on any atom is 0.363 e. The molecule has 0 atom stereocenters. The van der Waals surface area contributed by atoms with E-state index in [4.69, 9.17) is 25.8 Å². The standard InChI is InChI=1S/C25H19BrClNO4/c1-30-22-15-17(13-20(27)23(22)31-12-11-16-5-3-2-4-6-16)14-21-25(29)32-24(28-21)18-7-9-19(26)10-8-18/h2-10,13-15H,11-12H2,1H3/b21-14-. The molecule has 0 N–H and O–H groups in total. The number of rotatable bonds is 7. The highest BCUT2D eigenvalue weighted by Crippen LogP contribution is 2.37. The Hall–Kier alpha value is -3.09. The van der Waals surface area contributed by atoms with Crippen LogP contribution in [0.25, 0.3) is 6.08 Å². The Kier molecular flexibility index (Phi) is 6.93. The van der Waals surface area contributed by atoms with Gasteiger partial charge in [-0.1, -0.05) is 57.9 Å². The first-order valence-electron chi connectivity index (χ1n) is 9.86. The number of esters is 1. The number of methoxy groups -OCH3 is 1. The Balaban J connectivity index is 1.53. The lowest BCUT2D eigenvalue weighted by atomic mass is 10.1. The third-order valence-corrected chi connectivity index (χ3v) is 5.56. The Bertz CT molecular complexity index is 1190. The van der Waals surface area contributed by atoms with Gasteiger partial charge in [0, 0.05) is 16.5 Å². The van der Waals surface area contributed by atoms with Crippen molar-refractivity contribution in [3.8, 4) is 11.5 Å². The lowest BCUT2D eigenvalue weighted by molar-refractivity contribution is -0.129. The Morgan fingerprint density at radius 1 is 1.09 bits per heavy atom. The second-order valence-electron chi connectivity index (χ2n) is 6.96. The highest BCUT2D eigenvalue weighted by Gasteiger charge is 2.24. The van der Waals surface area contributed by atoms with Gasteiger partial charge in [0.2, 0.25) is 5.90 Å². The van der Waals surface area contributed by atoms with E-state index in [1.54, 1.807) is 25.3 Å². The van der Waals surface area contributed by atoms with E-state index in [0.29, 0.717) is 34.3 Å². The molecule has 0 aromatic heterocycles. The van der Waals surface area contributed by atoms with Crippen LogP contribution in [0.2, 0.25) is 5.02 Å². The summed E-state index contributed by atoms with van der Waals surface area (Å²) in [5, 5.41) is 0.382. The predicted molar refractivity (Wildman–Crippen MR) is 128 cm³/mol. The third-order valence-electron chi connectivity index (χ3n) is 4.75. The van der Waals surface area contributed by atoms with Crippen LogP contribution in [0, 0.1) is 0 Å². The first kappa shape index (κ1) is 22.1. The first-order valence-corrected chi connectivity index (χ1v) is 11.0. The van der Waals surface area contributed by atoms with Crippen LogP contribution in [0.1, 0.15) is 16.7 Å². The number of halogens is 2. The molecule has 0 aliphatic carbocycles. The molecule has 7 heteroatoms. The maximum absolute atomic E-state index is 12.3. The number of carbonyl (C=O) groups excluding carboxylic acids is 1. The number of carbonyl (C=O) groups is 1. The first-order chi connectivity index (χ1) is 15.5. The average Bonchev–Trinajstić information content (AvgIpc) is 3.16. The fourth-order valence-electron chi connectivity index (χ4n) is 3.16. The van der Waals surface area contributed by atoms with E-state index in [0.717, 1.165) is 10.9 Å². The molecule has 5 nitrogen and oxygen atoms in total. The summed E-state index contributed by atoms with van der Waals surface area (Å²) in [7, 11) is 1.54. The third kappa shape index (κ3) is 5.21. The SMILES string of the molecule is COc1cc(/C=C2\N=C(c3ccc(Br)cc3)OC2=O)cc(Cl)c1OCCc1ccccc1. The topological polar surface area (TPSA) is 57.1 Å². The highest BCUT2D eigenvalue weighted by molar-refractivity contribution is 9.10. The predicted octanol–water partition coefficient (Wildman–Crippen LogP) is 6.08. The summed E-state index contributed by atoms with van der Waals surface area (Å²) in [6.07, 6.45) is 2.35. The van der Waals surface area contributed by atoms with Gasteiger partial charge in [-0.3, -0.25) is 0 Å². The van der Waals surface area contributed by atoms with E-state index < -0.39 is 5.97 Å². The molecule has 0 spiro atoms. The van der Waals surface area contributed by atoms with Crippen LogP contribution in [0.3, 0.4) is 0 Å². The zero-order chi connectivity index (χ0) is 22.5. The fourth-order valence-corrected chi connectivity index (χ4v) is 3.70. The second kappa shape index (κ2) is 10.0. The van der Waals surface area contributed by atoms with Gasteiger partial charge in [0.25, 0.3) is 0 Å². The summed E-state index contributed by atoms with van der Waals surface area (Å²) < 4.78 is 17.6. The van der Waals surface area contributed by atoms with Gasteiger partial charge in [-0.25, -0.2) is 9.79 Å². The van der Waals surface area contributed by atoms with Gasteiger partial charge in [-0.05, 0) is 53.6 Å². The van der Waals surface area contributed by atoms with Crippen LogP contribution in [-0.4, -0.2) is 25.6 Å². The van der Waals surface area contributed by atoms with Gasteiger partial charge >= 0.3 is 5.97 Å². The average molecular weight is 513 g/mol. The number of cyclic esters (lactones) is 1. The maximum atomic E-state index is 12.3. The molecule has 1 aliphatic rings. The largest absolute Gasteiger partial charge is 0.493 e. The van der Waals surface area contributed by atoms with Crippen molar-refractivity contribution in [2.45, 2.75) is 6.42 Å². The minimum atomic E-state index is -0.527. The molecule has 3 aromatic rings. The molecule has 4 rings (SSSR count). The molecule has 0 radical (unpaired) electrons. The highest BCUT2D eigenvalue weighted by atomic mass is 79.9. The molecule has 0 unspecified atom stereocenters. The zero-order valence-corrected chi connectivity index (χ0v) is 19.5. The molecular weight excluding hydrogens is 494 g/mol. The molecule has 0 saturated heterocycles. The van der Waals surface area contributed by atoms with Crippen molar-refractivity contribution in [3.63, 3.8) is 0 Å². The second-order valence-corrected chi connectivity index (χ2v) is 8.28. The smallest absolute Gasteiger partial charge is 0.363 e. The van der Waals surface area contributed by atoms with Gasteiger partial charge in [0.05, 0.1) is 18.7 Å². The molecule has 0 bridgehead atoms. The molecule has 1 heterocycles. The van der Waals surface area contributed by atoms with E-state index in [9.17, 15) is 4.79 Å². The van der Waals surface area contributed by atoms with E-state index in [2.05, 4.69) is 20.9 Å². The minimum absolute atomic E-state index is 0.179. The van der Waals surface area contributed by atoms with Crippen LogP contribution < -0.4 is 9.47 Å². The van der Waals surface area contributed by atoms with Crippen molar-refractivity contribution in [1.29, 1.82) is 0 Å². The number of hydrogen-bond acceptors (Lipinski definition) is 5. The van der Waals surface area contributed by atoms with E-state index in [1.807, 2.05) is 54.6 Å². The van der Waals surface area contributed by atoms with E-state index in [-0.39, 0.29) is 11.6 Å². The summed E-state index contributed by atoms with van der Waals surface area (Å²) >= 11 is 9.85. The number of hydrogen-bond donors (Lipinski definition) is 0. The Morgan fingerprint density at radius 3 is 2.56 bits per heavy atom. The zero-order valence-electron chi connectivity index (χ0n) is 17.2. The number of ether oxygens (including phenoxy) is 3. The summed E-state index contributed by atoms with van der Waals surface area (Å²) in [6, 6.07) is 20.8. The van der Waals surface area contributed by atoms with Crippen molar-refractivity contribution in [1.82, 2.24) is 0 Å². The van der Waals surface area contributed by atoms with Crippen LogP contribution in [0.5, 0.6) is 11.5 Å². The molecule has 0 saturated carbocycles. The van der Waals surface area contributed by atoms with Gasteiger partial charge in [-0.2, -0.15) is 0 Å². The molecular formula is C25H19BrClNO4. The van der Waals surface area contributed by atoms with E-state index >= 15 is 0 Å². The summed E-state index contributed by atoms with van der Waals surface area (Å²) in [4.78, 5) is 16.6. The molecule has 32 heavy (non-hydrogen) atoms. The van der Waals surface area contributed by atoms with E-state index in [1.165, 1.54) is 5.56 Å². The molecule has 0 fully saturated rings. The molecule has 162 valence electrons. The van der Waals surface area contributed by atoms with Gasteiger partial charge < -0.3 is 14.2 Å². The molecule has 3 aromatic carbocycles. The van der Waals surface area contributed by atoms with Crippen molar-refractivity contribution in [2.75, 3.05) is 13.7 Å². The van der Waals surface area contributed by atoms with Crippen LogP contribution in [0.15, 0.2) is 81.9 Å². The molecule has 0 amide bonds. The van der Waals surface area contributed by atoms with Crippen molar-refractivity contribution in [2.24, 2.45) is 4.99 Å². The summed E-state index contributed by atoms with van der Waals surface area (Å²) in [5.41, 5.74) is 2.71. The summed E-state index contributed by atoms with van der Waals surface area (Å²) in [5.74, 6) is 0.662. The lowest BCUT2D eigenvalue weighted by Crippen LogP contribution is -2.05. The summed E-state index contributed by atoms with van der Waals surface area (Å²) in [6.45, 7) is 0.452. The lowest BCUT2D eigenvalue weighted by Gasteiger charge is -2.13. The van der Waals surface area contributed by atoms with Crippen molar-refractivity contribution in [3.05, 3.63) is 98.6 Å². The number of aliphatic imine (C=N–C) groups is 1. The monoisotopic (exact) mass is 511 g/mol. The molecule has 1 aliphatic heterocycles. The fraction of sp³-hybridized carbons (Fsp3) is 0.120. The normalized spacial score (nSPS) is 14.3. The Labute approximate surface area is 199 Å². The van der Waals surface area contributed by atoms with Crippen molar-refractivity contribution < 1.29 is 19.0 Å². The van der Waals surface area contributed by atoms with Crippen molar-refractivity contribution >= 4 is 45.5 Å². The van der Waals surface area contributed by atoms with Gasteiger partial charge in [-0.15, -0.1) is 0 Å². The van der Waals surface area contributed by atoms with Gasteiger partial charge in [0.1, 0.15) is 0 Å². The van der Waals surface area contributed by atoms with Gasteiger partial charge in [0.15, 0.2) is 17.2 Å². The van der Waals surface area contributed by atoms with Crippen LogP contribution in [0.4, 0.5) is 0 Å². The van der Waals surface area contributed by atoms with Crippen LogP contribution in [-0.2, 0) is 16.0 Å². The quantitative estimate of drug-likeness (QED) is 0.284. The number of nitrogens with zero attached hydrogens (tertiary/aromatic N) is 1.